The highest BCUT2D eigenvalue weighted by atomic mass is 79.9. The second-order valence-corrected chi connectivity index (χ2v) is 8.79. The van der Waals surface area contributed by atoms with E-state index in [2.05, 4.69) is 26.3 Å². The Morgan fingerprint density at radius 3 is 2.84 bits per heavy atom. The van der Waals surface area contributed by atoms with Crippen molar-refractivity contribution in [3.63, 3.8) is 0 Å². The van der Waals surface area contributed by atoms with Crippen molar-refractivity contribution >= 4 is 82.9 Å². The number of para-hydroxylation sites is 1. The van der Waals surface area contributed by atoms with Gasteiger partial charge >= 0.3 is 0 Å². The Bertz CT molecular complexity index is 998. The van der Waals surface area contributed by atoms with E-state index in [9.17, 15) is 4.79 Å². The molecule has 1 saturated heterocycles. The molecule has 0 saturated carbocycles. The first-order valence-corrected chi connectivity index (χ1v) is 10.1. The number of fused-ring (bicyclic) bond motifs is 1. The molecule has 1 aliphatic heterocycles. The molecule has 0 aliphatic carbocycles. The SMILES string of the molecule is O=C1/C(=C/c2cccc(Br)c2)SC(=S)N1Nc1nc2ccccc2s1. The number of carbonyl (C=O) groups is 1. The third-order valence-corrected chi connectivity index (χ3v) is 6.18. The lowest BCUT2D eigenvalue weighted by Gasteiger charge is -2.14. The van der Waals surface area contributed by atoms with Crippen molar-refractivity contribution in [3.8, 4) is 0 Å². The minimum absolute atomic E-state index is 0.172. The number of nitrogens with zero attached hydrogens (tertiary/aromatic N) is 2. The summed E-state index contributed by atoms with van der Waals surface area (Å²) in [5.41, 5.74) is 4.87. The highest BCUT2D eigenvalue weighted by Crippen LogP contribution is 2.34. The molecule has 25 heavy (non-hydrogen) atoms. The lowest BCUT2D eigenvalue weighted by molar-refractivity contribution is -0.121. The van der Waals surface area contributed by atoms with Crippen LogP contribution in [-0.2, 0) is 4.79 Å². The number of halogens is 1. The molecule has 0 atom stereocenters. The third-order valence-electron chi connectivity index (χ3n) is 3.44. The lowest BCUT2D eigenvalue weighted by Crippen LogP contribution is -2.33. The fourth-order valence-electron chi connectivity index (χ4n) is 2.33. The van der Waals surface area contributed by atoms with E-state index in [1.54, 1.807) is 0 Å². The van der Waals surface area contributed by atoms with E-state index < -0.39 is 0 Å². The number of thiazole rings is 1. The first kappa shape index (κ1) is 16.7. The number of aromatic nitrogens is 1. The van der Waals surface area contributed by atoms with Gasteiger partial charge in [0, 0.05) is 4.47 Å². The molecule has 1 amide bonds. The van der Waals surface area contributed by atoms with Crippen LogP contribution in [0, 0.1) is 0 Å². The number of hydrogen-bond donors (Lipinski definition) is 1. The molecule has 1 aliphatic rings. The quantitative estimate of drug-likeness (QED) is 0.436. The zero-order valence-corrected chi connectivity index (χ0v) is 16.6. The normalized spacial score (nSPS) is 16.2. The van der Waals surface area contributed by atoms with Gasteiger partial charge < -0.3 is 0 Å². The summed E-state index contributed by atoms with van der Waals surface area (Å²) >= 11 is 11.5. The number of amides is 1. The Morgan fingerprint density at radius 1 is 1.20 bits per heavy atom. The van der Waals surface area contributed by atoms with Gasteiger partial charge in [0.15, 0.2) is 4.32 Å². The van der Waals surface area contributed by atoms with Crippen LogP contribution < -0.4 is 5.43 Å². The fraction of sp³-hybridized carbons (Fsp3) is 0. The predicted octanol–water partition coefficient (Wildman–Crippen LogP) is 5.29. The average molecular weight is 448 g/mol. The molecular weight excluding hydrogens is 438 g/mol. The van der Waals surface area contributed by atoms with Gasteiger partial charge in [-0.05, 0) is 48.1 Å². The van der Waals surface area contributed by atoms with Crippen LogP contribution in [0.1, 0.15) is 5.56 Å². The summed E-state index contributed by atoms with van der Waals surface area (Å²) < 4.78 is 2.48. The Kier molecular flexibility index (Phi) is 4.60. The van der Waals surface area contributed by atoms with Crippen LogP contribution >= 0.6 is 51.2 Å². The molecule has 1 N–H and O–H groups in total. The fourth-order valence-corrected chi connectivity index (χ4v) is 4.78. The van der Waals surface area contributed by atoms with E-state index in [1.165, 1.54) is 28.1 Å². The van der Waals surface area contributed by atoms with E-state index in [0.717, 1.165) is 20.3 Å². The van der Waals surface area contributed by atoms with Crippen molar-refractivity contribution in [2.75, 3.05) is 5.43 Å². The summed E-state index contributed by atoms with van der Waals surface area (Å²) in [7, 11) is 0. The number of thioether (sulfide) groups is 1. The van der Waals surface area contributed by atoms with E-state index in [0.29, 0.717) is 14.4 Å². The second-order valence-electron chi connectivity index (χ2n) is 5.17. The van der Waals surface area contributed by atoms with Gasteiger partial charge in [-0.2, -0.15) is 5.01 Å². The molecule has 1 aromatic heterocycles. The van der Waals surface area contributed by atoms with Crippen LogP contribution in [0.5, 0.6) is 0 Å². The van der Waals surface area contributed by atoms with Crippen molar-refractivity contribution < 1.29 is 4.79 Å². The highest BCUT2D eigenvalue weighted by Gasteiger charge is 2.33. The Morgan fingerprint density at radius 2 is 2.04 bits per heavy atom. The van der Waals surface area contributed by atoms with Gasteiger partial charge in [-0.15, -0.1) is 0 Å². The number of rotatable bonds is 3. The molecule has 0 bridgehead atoms. The van der Waals surface area contributed by atoms with Crippen molar-refractivity contribution in [3.05, 3.63) is 63.5 Å². The standard InChI is InChI=1S/C17H10BrN3OS3/c18-11-5-3-4-10(8-11)9-14-15(22)21(17(23)25-14)20-16-19-12-6-1-2-7-13(12)24-16/h1-9H,(H,19,20)/b14-9-. The maximum absolute atomic E-state index is 12.7. The van der Waals surface area contributed by atoms with E-state index >= 15 is 0 Å². The molecule has 1 fully saturated rings. The number of anilines is 1. The van der Waals surface area contributed by atoms with Gasteiger partial charge in [-0.3, -0.25) is 10.2 Å². The van der Waals surface area contributed by atoms with Gasteiger partial charge in [-0.1, -0.05) is 63.3 Å². The summed E-state index contributed by atoms with van der Waals surface area (Å²) in [6.07, 6.45) is 1.84. The number of thiocarbonyl (C=S) groups is 1. The first-order valence-electron chi connectivity index (χ1n) is 7.26. The zero-order valence-electron chi connectivity index (χ0n) is 12.6. The number of carbonyl (C=O) groups excluding carboxylic acids is 1. The topological polar surface area (TPSA) is 45.2 Å². The summed E-state index contributed by atoms with van der Waals surface area (Å²) in [4.78, 5) is 17.7. The van der Waals surface area contributed by atoms with Gasteiger partial charge in [0.25, 0.3) is 5.91 Å². The minimum atomic E-state index is -0.172. The molecule has 2 aromatic carbocycles. The van der Waals surface area contributed by atoms with Crippen molar-refractivity contribution in [2.24, 2.45) is 0 Å². The maximum Gasteiger partial charge on any atom is 0.285 e. The Labute approximate surface area is 166 Å². The Hall–Kier alpha value is -1.74. The van der Waals surface area contributed by atoms with Crippen LogP contribution in [0.15, 0.2) is 57.9 Å². The van der Waals surface area contributed by atoms with E-state index in [1.807, 2.05) is 54.6 Å². The molecule has 4 rings (SSSR count). The summed E-state index contributed by atoms with van der Waals surface area (Å²) in [5, 5.41) is 2.02. The molecule has 3 aromatic rings. The van der Waals surface area contributed by atoms with Crippen LogP contribution in [0.4, 0.5) is 5.13 Å². The largest absolute Gasteiger partial charge is 0.285 e. The van der Waals surface area contributed by atoms with Crippen molar-refractivity contribution in [2.45, 2.75) is 0 Å². The number of benzene rings is 2. The minimum Gasteiger partial charge on any atom is -0.266 e. The lowest BCUT2D eigenvalue weighted by atomic mass is 10.2. The highest BCUT2D eigenvalue weighted by molar-refractivity contribution is 9.10. The maximum atomic E-state index is 12.7. The molecule has 8 heteroatoms. The smallest absolute Gasteiger partial charge is 0.266 e. The van der Waals surface area contributed by atoms with Gasteiger partial charge in [0.1, 0.15) is 0 Å². The van der Waals surface area contributed by atoms with Gasteiger partial charge in [0.05, 0.1) is 15.1 Å². The summed E-state index contributed by atoms with van der Waals surface area (Å²) in [6.45, 7) is 0. The van der Waals surface area contributed by atoms with Crippen LogP contribution in [0.2, 0.25) is 0 Å². The van der Waals surface area contributed by atoms with E-state index in [4.69, 9.17) is 12.2 Å². The predicted molar refractivity (Wildman–Crippen MR) is 112 cm³/mol. The van der Waals surface area contributed by atoms with Crippen molar-refractivity contribution in [1.82, 2.24) is 9.99 Å². The number of nitrogens with one attached hydrogen (secondary N) is 1. The average Bonchev–Trinajstić information content (AvgIpc) is 3.11. The molecule has 4 nitrogen and oxygen atoms in total. The van der Waals surface area contributed by atoms with Gasteiger partial charge in [0.2, 0.25) is 5.13 Å². The number of hydrazine groups is 1. The molecule has 0 unspecified atom stereocenters. The monoisotopic (exact) mass is 447 g/mol. The van der Waals surface area contributed by atoms with E-state index in [-0.39, 0.29) is 5.91 Å². The molecule has 0 radical (unpaired) electrons. The third kappa shape index (κ3) is 3.48. The first-order chi connectivity index (χ1) is 12.1. The summed E-state index contributed by atoms with van der Waals surface area (Å²) in [6, 6.07) is 15.6. The molecule has 2 heterocycles. The van der Waals surface area contributed by atoms with Crippen LogP contribution in [0.25, 0.3) is 16.3 Å². The van der Waals surface area contributed by atoms with Crippen LogP contribution in [-0.4, -0.2) is 20.2 Å². The second kappa shape index (κ2) is 6.87. The zero-order chi connectivity index (χ0) is 17.4. The molecular formula is C17H10BrN3OS3. The van der Waals surface area contributed by atoms with Crippen molar-refractivity contribution in [1.29, 1.82) is 0 Å². The molecule has 124 valence electrons. The molecule has 0 spiro atoms. The Balaban J connectivity index is 1.58. The number of hydrogen-bond acceptors (Lipinski definition) is 6. The summed E-state index contributed by atoms with van der Waals surface area (Å²) in [5.74, 6) is -0.172. The van der Waals surface area contributed by atoms with Gasteiger partial charge in [-0.25, -0.2) is 4.98 Å². The van der Waals surface area contributed by atoms with Crippen LogP contribution in [0.3, 0.4) is 0 Å².